The Bertz CT molecular complexity index is 1200. The van der Waals surface area contributed by atoms with Gasteiger partial charge < -0.3 is 30.1 Å². The molecule has 10 nitrogen and oxygen atoms in total. The quantitative estimate of drug-likeness (QED) is 0.249. The number of benzene rings is 2. The number of fused-ring (bicyclic) bond motifs is 1. The molecule has 4 N–H and O–H groups in total. The first-order valence-electron chi connectivity index (χ1n) is 12.3. The number of aliphatic hydroxyl groups is 2. The van der Waals surface area contributed by atoms with E-state index in [4.69, 9.17) is 14.6 Å². The first-order chi connectivity index (χ1) is 18.3. The molecule has 0 aliphatic carbocycles. The lowest BCUT2D eigenvalue weighted by Crippen LogP contribution is -2.63. The van der Waals surface area contributed by atoms with Crippen LogP contribution in [0.5, 0.6) is 5.75 Å². The first-order valence-corrected chi connectivity index (χ1v) is 13.1. The van der Waals surface area contributed by atoms with E-state index in [2.05, 4.69) is 10.3 Å². The zero-order valence-electron chi connectivity index (χ0n) is 20.6. The fraction of sp³-hybridized carbons (Fsp3) is 0.423. The molecule has 0 saturated carbocycles. The van der Waals surface area contributed by atoms with Gasteiger partial charge in [0.05, 0.1) is 16.8 Å². The van der Waals surface area contributed by atoms with Gasteiger partial charge in [-0.25, -0.2) is 19.0 Å². The Balaban J connectivity index is 1.58. The fourth-order valence-corrected chi connectivity index (χ4v) is 5.22. The summed E-state index contributed by atoms with van der Waals surface area (Å²) in [7, 11) is 0. The lowest BCUT2D eigenvalue weighted by molar-refractivity contribution is -0.209. The summed E-state index contributed by atoms with van der Waals surface area (Å²) in [6.07, 6.45) is -2.01. The fourth-order valence-electron chi connectivity index (χ4n) is 4.28. The minimum atomic E-state index is -2.35. The Kier molecular flexibility index (Phi) is 9.23. The van der Waals surface area contributed by atoms with Crippen molar-refractivity contribution in [2.75, 3.05) is 26.2 Å². The van der Waals surface area contributed by atoms with Crippen molar-refractivity contribution < 1.29 is 38.8 Å². The number of aliphatic carboxylic acids is 1. The first kappa shape index (κ1) is 27.9. The number of aliphatic hydroxyl groups excluding tert-OH is 2. The molecule has 3 unspecified atom stereocenters. The van der Waals surface area contributed by atoms with E-state index in [9.17, 15) is 24.2 Å². The maximum Gasteiger partial charge on any atom is 0.340 e. The normalized spacial score (nSPS) is 17.4. The highest BCUT2D eigenvalue weighted by molar-refractivity contribution is 7.18. The number of carbonyl (C=O) groups is 2. The molecule has 1 aliphatic rings. The van der Waals surface area contributed by atoms with Gasteiger partial charge in [-0.1, -0.05) is 18.6 Å². The third-order valence-electron chi connectivity index (χ3n) is 6.31. The molecule has 2 aromatic carbocycles. The predicted octanol–water partition coefficient (Wildman–Crippen LogP) is 2.14. The molecule has 2 heterocycles. The van der Waals surface area contributed by atoms with Gasteiger partial charge in [0.25, 0.3) is 0 Å². The number of para-hydroxylation sites is 1. The third-order valence-corrected chi connectivity index (χ3v) is 7.35. The van der Waals surface area contributed by atoms with Crippen molar-refractivity contribution in [1.29, 1.82) is 0 Å². The van der Waals surface area contributed by atoms with Crippen LogP contribution in [0.1, 0.15) is 24.3 Å². The number of hydrogen-bond donors (Lipinski definition) is 4. The summed E-state index contributed by atoms with van der Waals surface area (Å²) in [5.74, 6) is -3.15. The molecule has 1 fully saturated rings. The van der Waals surface area contributed by atoms with Gasteiger partial charge in [0.1, 0.15) is 23.2 Å². The summed E-state index contributed by atoms with van der Waals surface area (Å²) in [6, 6.07) is 13.1. The molecule has 0 bridgehead atoms. The van der Waals surface area contributed by atoms with Crippen molar-refractivity contribution >= 4 is 33.5 Å². The standard InChI is InChI=1S/C26H30FN3O7S/c27-17-8-10-18(11-9-17)36-16-26(30-12-4-1-5-13-30,37-25(35)23(32)22(31)24(33)34)15-28-14-21-29-19-6-2-3-7-20(19)38-21/h2-3,6-11,22-23,28,31-32H,1,4-5,12-16H2,(H,33,34). The van der Waals surface area contributed by atoms with Crippen LogP contribution in [0.15, 0.2) is 48.5 Å². The van der Waals surface area contributed by atoms with Crippen molar-refractivity contribution in [3.8, 4) is 5.75 Å². The van der Waals surface area contributed by atoms with Crippen molar-refractivity contribution in [3.05, 3.63) is 59.4 Å². The number of likely N-dealkylation sites (tertiary alicyclic amines) is 1. The van der Waals surface area contributed by atoms with Crippen LogP contribution in [0.25, 0.3) is 10.2 Å². The largest absolute Gasteiger partial charge is 0.488 e. The van der Waals surface area contributed by atoms with Crippen molar-refractivity contribution in [3.63, 3.8) is 0 Å². The number of carboxylic acids is 1. The lowest BCUT2D eigenvalue weighted by Gasteiger charge is -2.44. The van der Waals surface area contributed by atoms with Gasteiger partial charge in [0.15, 0.2) is 12.2 Å². The molecule has 0 radical (unpaired) electrons. The molecular weight excluding hydrogens is 517 g/mol. The van der Waals surface area contributed by atoms with E-state index in [-0.39, 0.29) is 13.2 Å². The summed E-state index contributed by atoms with van der Waals surface area (Å²) in [5, 5.41) is 33.1. The van der Waals surface area contributed by atoms with E-state index in [0.717, 1.165) is 34.5 Å². The number of nitrogens with zero attached hydrogens (tertiary/aromatic N) is 2. The molecule has 0 amide bonds. The number of thiazole rings is 1. The number of halogens is 1. The van der Waals surface area contributed by atoms with Crippen LogP contribution in [0.3, 0.4) is 0 Å². The molecule has 3 aromatic rings. The van der Waals surface area contributed by atoms with Crippen molar-refractivity contribution in [1.82, 2.24) is 15.2 Å². The molecule has 1 saturated heterocycles. The Morgan fingerprint density at radius 2 is 1.79 bits per heavy atom. The number of ether oxygens (including phenoxy) is 2. The number of esters is 1. The molecule has 204 valence electrons. The summed E-state index contributed by atoms with van der Waals surface area (Å²) in [6.45, 7) is 1.31. The highest BCUT2D eigenvalue weighted by Gasteiger charge is 2.45. The van der Waals surface area contributed by atoms with E-state index in [1.807, 2.05) is 29.2 Å². The monoisotopic (exact) mass is 547 g/mol. The molecule has 12 heteroatoms. The van der Waals surface area contributed by atoms with Crippen LogP contribution < -0.4 is 10.1 Å². The maximum absolute atomic E-state index is 13.4. The average molecular weight is 548 g/mol. The molecule has 38 heavy (non-hydrogen) atoms. The average Bonchev–Trinajstić information content (AvgIpc) is 3.35. The van der Waals surface area contributed by atoms with Crippen LogP contribution in [-0.2, 0) is 20.9 Å². The van der Waals surface area contributed by atoms with Gasteiger partial charge in [0, 0.05) is 19.6 Å². The minimum absolute atomic E-state index is 0.0474. The van der Waals surface area contributed by atoms with E-state index in [0.29, 0.717) is 25.4 Å². The molecule has 1 aliphatic heterocycles. The number of rotatable bonds is 12. The summed E-state index contributed by atoms with van der Waals surface area (Å²) >= 11 is 1.52. The molecule has 3 atom stereocenters. The van der Waals surface area contributed by atoms with Gasteiger partial charge in [0.2, 0.25) is 5.72 Å². The van der Waals surface area contributed by atoms with Crippen LogP contribution in [0.2, 0.25) is 0 Å². The van der Waals surface area contributed by atoms with Gasteiger partial charge in [-0.2, -0.15) is 0 Å². The van der Waals surface area contributed by atoms with Crippen molar-refractivity contribution in [2.45, 2.75) is 43.7 Å². The number of piperidine rings is 1. The maximum atomic E-state index is 13.4. The van der Waals surface area contributed by atoms with Crippen LogP contribution >= 0.6 is 11.3 Å². The molecule has 0 spiro atoms. The zero-order valence-corrected chi connectivity index (χ0v) is 21.4. The lowest BCUT2D eigenvalue weighted by atomic mass is 10.1. The second-order valence-electron chi connectivity index (χ2n) is 9.06. The van der Waals surface area contributed by atoms with E-state index < -0.39 is 35.7 Å². The van der Waals surface area contributed by atoms with Gasteiger partial charge in [-0.05, 0) is 49.2 Å². The Labute approximate surface area is 222 Å². The summed E-state index contributed by atoms with van der Waals surface area (Å²) in [5.41, 5.74) is -0.602. The van der Waals surface area contributed by atoms with Gasteiger partial charge >= 0.3 is 11.9 Å². The van der Waals surface area contributed by atoms with E-state index >= 15 is 0 Å². The number of carboxylic acid groups (broad SMARTS) is 1. The highest BCUT2D eigenvalue weighted by Crippen LogP contribution is 2.27. The second-order valence-corrected chi connectivity index (χ2v) is 10.2. The number of aromatic nitrogens is 1. The predicted molar refractivity (Wildman–Crippen MR) is 137 cm³/mol. The SMILES string of the molecule is O=C(O)C(O)C(O)C(=O)OC(CNCc1nc2ccccc2s1)(COc1ccc(F)cc1)N1CCCCC1. The highest BCUT2D eigenvalue weighted by atomic mass is 32.1. The van der Waals surface area contributed by atoms with E-state index in [1.165, 1.54) is 35.6 Å². The third kappa shape index (κ3) is 6.83. The Morgan fingerprint density at radius 1 is 1.08 bits per heavy atom. The summed E-state index contributed by atoms with van der Waals surface area (Å²) < 4.78 is 26.1. The topological polar surface area (TPSA) is 141 Å². The number of carbonyl (C=O) groups excluding carboxylic acids is 1. The van der Waals surface area contributed by atoms with Crippen LogP contribution in [0, 0.1) is 5.82 Å². The Morgan fingerprint density at radius 3 is 2.47 bits per heavy atom. The number of nitrogens with one attached hydrogen (secondary N) is 1. The van der Waals surface area contributed by atoms with Gasteiger partial charge in [-0.15, -0.1) is 11.3 Å². The van der Waals surface area contributed by atoms with Crippen molar-refractivity contribution in [2.24, 2.45) is 0 Å². The van der Waals surface area contributed by atoms with E-state index in [1.54, 1.807) is 0 Å². The molecular formula is C26H30FN3O7S. The van der Waals surface area contributed by atoms with Crippen LogP contribution in [-0.4, -0.2) is 81.3 Å². The Hall–Kier alpha value is -3.16. The summed E-state index contributed by atoms with van der Waals surface area (Å²) in [4.78, 5) is 30.6. The molecule has 1 aromatic heterocycles. The zero-order chi connectivity index (χ0) is 27.1. The van der Waals surface area contributed by atoms with Gasteiger partial charge in [-0.3, -0.25) is 4.90 Å². The number of hydrogen-bond acceptors (Lipinski definition) is 10. The van der Waals surface area contributed by atoms with Crippen LogP contribution in [0.4, 0.5) is 4.39 Å². The second kappa shape index (κ2) is 12.6. The smallest absolute Gasteiger partial charge is 0.340 e. The molecule has 4 rings (SSSR count). The minimum Gasteiger partial charge on any atom is -0.488 e.